The average molecular weight is 615 g/mol. The summed E-state index contributed by atoms with van der Waals surface area (Å²) >= 11 is 6.86. The van der Waals surface area contributed by atoms with Gasteiger partial charge in [0.15, 0.2) is 0 Å². The lowest BCUT2D eigenvalue weighted by Gasteiger charge is -2.38. The summed E-state index contributed by atoms with van der Waals surface area (Å²) in [6, 6.07) is 22.0. The highest BCUT2D eigenvalue weighted by Crippen LogP contribution is 2.43. The third kappa shape index (κ3) is 5.41. The monoisotopic (exact) mass is 614 g/mol. The Balaban J connectivity index is 1.36. The van der Waals surface area contributed by atoms with E-state index in [2.05, 4.69) is 23.3 Å². The summed E-state index contributed by atoms with van der Waals surface area (Å²) in [4.78, 5) is 34.5. The minimum Gasteiger partial charge on any atom is -0.349 e. The Morgan fingerprint density at radius 3 is 2.20 bits per heavy atom. The Morgan fingerprint density at radius 2 is 1.52 bits per heavy atom. The Kier molecular flexibility index (Phi) is 8.53. The van der Waals surface area contributed by atoms with Crippen LogP contribution in [0.4, 0.5) is 5.69 Å². The number of allylic oxidation sites excluding steroid dienone is 2. The van der Waals surface area contributed by atoms with Gasteiger partial charge in [0.05, 0.1) is 18.7 Å². The molecule has 0 spiro atoms. The summed E-state index contributed by atoms with van der Waals surface area (Å²) in [6.45, 7) is 8.25. The predicted octanol–water partition coefficient (Wildman–Crippen LogP) is 5.52. The number of para-hydroxylation sites is 1. The third-order valence-electron chi connectivity index (χ3n) is 9.19. The summed E-state index contributed by atoms with van der Waals surface area (Å²) in [5.41, 5.74) is 5.35. The van der Waals surface area contributed by atoms with E-state index in [1.165, 1.54) is 0 Å². The second-order valence-electron chi connectivity index (χ2n) is 11.8. The summed E-state index contributed by atoms with van der Waals surface area (Å²) in [7, 11) is 3.10. The molecule has 3 aromatic rings. The zero-order valence-corrected chi connectivity index (χ0v) is 26.5. The van der Waals surface area contributed by atoms with E-state index >= 15 is 0 Å². The molecule has 6 rings (SSSR count). The topological polar surface area (TPSA) is 67.2 Å². The predicted molar refractivity (Wildman–Crippen MR) is 172 cm³/mol. The zero-order valence-electron chi connectivity index (χ0n) is 25.8. The van der Waals surface area contributed by atoms with E-state index in [1.807, 2.05) is 71.6 Å². The minimum absolute atomic E-state index is 0.0232. The van der Waals surface area contributed by atoms with Crippen molar-refractivity contribution >= 4 is 34.7 Å². The van der Waals surface area contributed by atoms with Crippen LogP contribution < -0.4 is 4.90 Å². The molecule has 9 heteroatoms. The fourth-order valence-corrected chi connectivity index (χ4v) is 6.85. The van der Waals surface area contributed by atoms with Crippen molar-refractivity contribution in [2.45, 2.75) is 45.2 Å². The Labute approximate surface area is 264 Å². The van der Waals surface area contributed by atoms with Crippen LogP contribution in [0.15, 0.2) is 83.4 Å². The number of piperazine rings is 1. The van der Waals surface area contributed by atoms with Crippen molar-refractivity contribution in [2.24, 2.45) is 0 Å². The van der Waals surface area contributed by atoms with Crippen molar-refractivity contribution in [3.05, 3.63) is 106 Å². The number of aromatic nitrogens is 1. The van der Waals surface area contributed by atoms with Crippen molar-refractivity contribution in [2.75, 3.05) is 45.3 Å². The van der Waals surface area contributed by atoms with Crippen LogP contribution in [0.1, 0.15) is 47.6 Å². The molecule has 3 heterocycles. The van der Waals surface area contributed by atoms with Gasteiger partial charge in [0.2, 0.25) is 5.79 Å². The van der Waals surface area contributed by atoms with Crippen LogP contribution in [0.5, 0.6) is 0 Å². The van der Waals surface area contributed by atoms with Gasteiger partial charge in [-0.3, -0.25) is 14.5 Å². The molecule has 44 heavy (non-hydrogen) atoms. The molecule has 1 fully saturated rings. The summed E-state index contributed by atoms with van der Waals surface area (Å²) in [5, 5.41) is 0.473. The Morgan fingerprint density at radius 1 is 0.841 bits per heavy atom. The lowest BCUT2D eigenvalue weighted by atomic mass is 9.87. The van der Waals surface area contributed by atoms with Gasteiger partial charge in [0, 0.05) is 69.3 Å². The van der Waals surface area contributed by atoms with E-state index in [0.717, 1.165) is 41.2 Å². The van der Waals surface area contributed by atoms with Crippen LogP contribution in [0.3, 0.4) is 0 Å². The van der Waals surface area contributed by atoms with E-state index in [9.17, 15) is 9.59 Å². The number of halogens is 1. The second kappa shape index (κ2) is 12.4. The molecule has 2 amide bonds. The number of anilines is 1. The van der Waals surface area contributed by atoms with Gasteiger partial charge < -0.3 is 23.8 Å². The second-order valence-corrected chi connectivity index (χ2v) is 12.2. The molecular formula is C35H39ClN4O4. The third-order valence-corrected chi connectivity index (χ3v) is 9.53. The van der Waals surface area contributed by atoms with Gasteiger partial charge in [-0.15, -0.1) is 0 Å². The van der Waals surface area contributed by atoms with Crippen LogP contribution >= 0.6 is 11.6 Å². The maximum Gasteiger partial charge on any atom is 0.270 e. The molecule has 3 aliphatic rings. The molecule has 230 valence electrons. The van der Waals surface area contributed by atoms with Crippen LogP contribution in [0.2, 0.25) is 0 Å². The molecule has 8 nitrogen and oxygen atoms in total. The van der Waals surface area contributed by atoms with E-state index in [-0.39, 0.29) is 24.8 Å². The van der Waals surface area contributed by atoms with Crippen LogP contribution in [0.25, 0.3) is 5.57 Å². The van der Waals surface area contributed by atoms with Crippen LogP contribution in [0, 0.1) is 0 Å². The van der Waals surface area contributed by atoms with Gasteiger partial charge in [-0.25, -0.2) is 0 Å². The number of carbonyl (C=O) groups is 2. The number of hydrogen-bond donors (Lipinski definition) is 0. The van der Waals surface area contributed by atoms with Crippen LogP contribution in [-0.2, 0) is 27.4 Å². The number of carbonyl (C=O) groups excluding carboxylic acids is 2. The quantitative estimate of drug-likeness (QED) is 0.342. The van der Waals surface area contributed by atoms with Gasteiger partial charge in [0.25, 0.3) is 11.8 Å². The molecular weight excluding hydrogens is 576 g/mol. The smallest absolute Gasteiger partial charge is 0.270 e. The zero-order chi connectivity index (χ0) is 31.0. The number of ether oxygens (including phenoxy) is 2. The van der Waals surface area contributed by atoms with Crippen molar-refractivity contribution < 1.29 is 19.1 Å². The lowest BCUT2D eigenvalue weighted by molar-refractivity contribution is -0.178. The van der Waals surface area contributed by atoms with Crippen molar-refractivity contribution in [1.29, 1.82) is 0 Å². The fraction of sp³-hybridized carbons (Fsp3) is 0.371. The summed E-state index contributed by atoms with van der Waals surface area (Å²) < 4.78 is 14.0. The highest BCUT2D eigenvalue weighted by molar-refractivity contribution is 6.35. The van der Waals surface area contributed by atoms with Crippen molar-refractivity contribution in [3.8, 4) is 0 Å². The molecule has 2 aliphatic heterocycles. The highest BCUT2D eigenvalue weighted by atomic mass is 35.5. The first-order valence-corrected chi connectivity index (χ1v) is 15.5. The number of hydrogen-bond acceptors (Lipinski definition) is 5. The van der Waals surface area contributed by atoms with Gasteiger partial charge in [-0.2, -0.15) is 0 Å². The first-order chi connectivity index (χ1) is 21.3. The maximum absolute atomic E-state index is 14.6. The van der Waals surface area contributed by atoms with Gasteiger partial charge in [-0.1, -0.05) is 60.1 Å². The number of amides is 2. The number of nitrogens with zero attached hydrogens (tertiary/aromatic N) is 4. The van der Waals surface area contributed by atoms with Crippen molar-refractivity contribution in [1.82, 2.24) is 14.4 Å². The minimum atomic E-state index is -1.33. The van der Waals surface area contributed by atoms with Gasteiger partial charge in [-0.05, 0) is 54.8 Å². The standard InChI is InChI=1S/C35H39ClN4O4/c1-24(2)37-16-18-38(19-17-37)34(42)32-15-14-27-23-40(31-13-9-8-12-26(31)22-39(27)32)33(41)29-20-30(36)28(21-35(29,43-3)44-4)25-10-6-5-7-11-25/h5-15,20,24H,16-19,21-23H2,1-4H3. The molecule has 1 aromatic heterocycles. The molecule has 0 N–H and O–H groups in total. The largest absolute Gasteiger partial charge is 0.349 e. The summed E-state index contributed by atoms with van der Waals surface area (Å²) in [6.07, 6.45) is 1.95. The number of benzene rings is 2. The SMILES string of the molecule is COC1(OC)CC(c2ccccc2)=C(Cl)C=C1C(=O)N1Cc2ccc(C(=O)N3CCN(C(C)C)CC3)n2Cc2ccccc21. The molecule has 0 atom stereocenters. The van der Waals surface area contributed by atoms with E-state index in [4.69, 9.17) is 21.1 Å². The molecule has 0 bridgehead atoms. The molecule has 0 saturated carbocycles. The number of fused-ring (bicyclic) bond motifs is 2. The Hall–Kier alpha value is -3.69. The van der Waals surface area contributed by atoms with Crippen LogP contribution in [-0.4, -0.2) is 78.4 Å². The first kappa shape index (κ1) is 30.3. The molecule has 2 aromatic carbocycles. The fourth-order valence-electron chi connectivity index (χ4n) is 6.56. The van der Waals surface area contributed by atoms with E-state index in [1.54, 1.807) is 25.2 Å². The lowest BCUT2D eigenvalue weighted by Crippen LogP contribution is -2.51. The summed E-state index contributed by atoms with van der Waals surface area (Å²) in [5.74, 6) is -1.57. The van der Waals surface area contributed by atoms with E-state index < -0.39 is 5.79 Å². The number of rotatable bonds is 6. The molecule has 0 radical (unpaired) electrons. The maximum atomic E-state index is 14.6. The normalized spacial score (nSPS) is 18.5. The van der Waals surface area contributed by atoms with Gasteiger partial charge >= 0.3 is 0 Å². The van der Waals surface area contributed by atoms with E-state index in [0.29, 0.717) is 42.0 Å². The molecule has 0 unspecified atom stereocenters. The highest BCUT2D eigenvalue weighted by Gasteiger charge is 2.45. The molecule has 1 aliphatic carbocycles. The Bertz CT molecular complexity index is 1610. The van der Waals surface area contributed by atoms with Crippen molar-refractivity contribution in [3.63, 3.8) is 0 Å². The molecule has 1 saturated heterocycles. The van der Waals surface area contributed by atoms with Gasteiger partial charge in [0.1, 0.15) is 5.69 Å². The first-order valence-electron chi connectivity index (χ1n) is 15.1. The average Bonchev–Trinajstić information content (AvgIpc) is 3.37. The number of methoxy groups -OCH3 is 2.